The van der Waals surface area contributed by atoms with Crippen LogP contribution < -0.4 is 9.04 Å². The van der Waals surface area contributed by atoms with Crippen molar-refractivity contribution in [2.75, 3.05) is 4.31 Å². The molecule has 6 nitrogen and oxygen atoms in total. The van der Waals surface area contributed by atoms with Crippen molar-refractivity contribution in [3.8, 4) is 16.9 Å². The maximum atomic E-state index is 11.8. The van der Waals surface area contributed by atoms with E-state index in [1.54, 1.807) is 38.1 Å². The average molecular weight is 489 g/mol. The number of hydrogen-bond donors (Lipinski definition) is 1. The molecule has 0 spiro atoms. The minimum absolute atomic E-state index is 0.304. The van der Waals surface area contributed by atoms with Crippen molar-refractivity contribution < 1.29 is 23.4 Å². The van der Waals surface area contributed by atoms with Crippen molar-refractivity contribution in [3.05, 3.63) is 96.6 Å². The molecule has 0 aliphatic heterocycles. The predicted molar refractivity (Wildman–Crippen MR) is 138 cm³/mol. The van der Waals surface area contributed by atoms with Crippen LogP contribution in [0.2, 0.25) is 0 Å². The van der Waals surface area contributed by atoms with Gasteiger partial charge in [-0.3, -0.25) is 8.51 Å². The lowest BCUT2D eigenvalue weighted by atomic mass is 10.0. The molecule has 0 saturated heterocycles. The first-order valence-electron chi connectivity index (χ1n) is 11.3. The molecule has 0 saturated carbocycles. The van der Waals surface area contributed by atoms with E-state index >= 15 is 0 Å². The molecule has 0 fully saturated rings. The molecule has 4 aromatic rings. The van der Waals surface area contributed by atoms with Crippen LogP contribution in [0.3, 0.4) is 0 Å². The molecule has 7 heteroatoms. The normalized spacial score (nSPS) is 12.9. The maximum Gasteiger partial charge on any atom is 0.327 e. The van der Waals surface area contributed by atoms with E-state index in [1.807, 2.05) is 42.5 Å². The van der Waals surface area contributed by atoms with Gasteiger partial charge in [-0.2, -0.15) is 0 Å². The van der Waals surface area contributed by atoms with Crippen LogP contribution in [0.5, 0.6) is 5.75 Å². The molecule has 0 aliphatic carbocycles. The second kappa shape index (κ2) is 10.7. The Morgan fingerprint density at radius 3 is 2.11 bits per heavy atom. The molecule has 0 radical (unpaired) electrons. The Hall–Kier alpha value is -3.68. The zero-order valence-electron chi connectivity index (χ0n) is 19.5. The van der Waals surface area contributed by atoms with Crippen LogP contribution in [0.15, 0.2) is 91.0 Å². The number of fused-ring (bicyclic) bond motifs is 1. The summed E-state index contributed by atoms with van der Waals surface area (Å²) in [4.78, 5) is 11.7. The van der Waals surface area contributed by atoms with Gasteiger partial charge in [0.15, 0.2) is 0 Å². The molecule has 2 unspecified atom stereocenters. The van der Waals surface area contributed by atoms with Gasteiger partial charge >= 0.3 is 5.97 Å². The van der Waals surface area contributed by atoms with Gasteiger partial charge in [0.05, 0.1) is 0 Å². The van der Waals surface area contributed by atoms with Gasteiger partial charge in [-0.1, -0.05) is 80.6 Å². The smallest absolute Gasteiger partial charge is 0.327 e. The molecule has 0 aromatic heterocycles. The van der Waals surface area contributed by atoms with Crippen molar-refractivity contribution in [1.29, 1.82) is 0 Å². The van der Waals surface area contributed by atoms with Crippen LogP contribution in [-0.2, 0) is 22.7 Å². The summed E-state index contributed by atoms with van der Waals surface area (Å²) in [7, 11) is 0. The summed E-state index contributed by atoms with van der Waals surface area (Å²) in [6, 6.07) is 27.6. The minimum Gasteiger partial charge on any atom is -0.755 e. The van der Waals surface area contributed by atoms with Gasteiger partial charge in [-0.05, 0) is 57.6 Å². The summed E-state index contributed by atoms with van der Waals surface area (Å²) >= 11 is -2.72. The van der Waals surface area contributed by atoms with Crippen molar-refractivity contribution in [3.63, 3.8) is 0 Å². The highest BCUT2D eigenvalue weighted by Crippen LogP contribution is 2.28. The van der Waals surface area contributed by atoms with E-state index in [-0.39, 0.29) is 0 Å². The predicted octanol–water partition coefficient (Wildman–Crippen LogP) is 5.80. The Labute approximate surface area is 207 Å². The molecular formula is C28H26NO5S-. The molecule has 0 heterocycles. The number of nitrogens with zero attached hydrogens (tertiary/aromatic N) is 1. The fourth-order valence-corrected chi connectivity index (χ4v) is 4.93. The number of ether oxygens (including phenoxy) is 1. The monoisotopic (exact) mass is 488 g/mol. The number of carbonyl (C=O) groups is 1. The number of carboxylic acids is 1. The Bertz CT molecular complexity index is 1330. The molecule has 180 valence electrons. The highest BCUT2D eigenvalue weighted by atomic mass is 32.2. The lowest BCUT2D eigenvalue weighted by Crippen LogP contribution is -2.45. The Morgan fingerprint density at radius 2 is 1.51 bits per heavy atom. The molecular weight excluding hydrogens is 462 g/mol. The van der Waals surface area contributed by atoms with E-state index in [0.717, 1.165) is 26.7 Å². The third-order valence-corrected chi connectivity index (χ3v) is 6.64. The van der Waals surface area contributed by atoms with Crippen LogP contribution in [0.25, 0.3) is 21.9 Å². The van der Waals surface area contributed by atoms with E-state index < -0.39 is 29.2 Å². The largest absolute Gasteiger partial charge is 0.755 e. The molecule has 0 amide bonds. The van der Waals surface area contributed by atoms with Crippen molar-refractivity contribution >= 4 is 33.7 Å². The van der Waals surface area contributed by atoms with E-state index in [2.05, 4.69) is 24.3 Å². The van der Waals surface area contributed by atoms with Crippen LogP contribution in [0.1, 0.15) is 19.4 Å². The number of benzene rings is 4. The summed E-state index contributed by atoms with van der Waals surface area (Å²) < 4.78 is 30.6. The van der Waals surface area contributed by atoms with Gasteiger partial charge in [-0.15, -0.1) is 0 Å². The summed E-state index contributed by atoms with van der Waals surface area (Å²) in [6.07, 6.45) is 0. The molecule has 1 N–H and O–H groups in total. The van der Waals surface area contributed by atoms with Crippen molar-refractivity contribution in [2.45, 2.75) is 26.5 Å². The first kappa shape index (κ1) is 24.4. The standard InChI is InChI=1S/C28H27NO5S/c1-19(2)27(28(30)31)29(35(32)33)24-14-10-20(11-15-24)21-12-16-25(17-13-21)34-18-23-8-5-7-22-6-3-4-9-26(22)23/h3-17,19,27H,18H2,1-2H3,(H,30,31)(H,32,33)/p-1. The number of hydrogen-bond acceptors (Lipinski definition) is 4. The second-order valence-electron chi connectivity index (χ2n) is 8.57. The Kier molecular flexibility index (Phi) is 7.48. The van der Waals surface area contributed by atoms with Crippen molar-refractivity contribution in [2.24, 2.45) is 5.92 Å². The maximum absolute atomic E-state index is 11.8. The van der Waals surface area contributed by atoms with Crippen LogP contribution in [0, 0.1) is 5.92 Å². The SMILES string of the molecule is CC(C)C(C(=O)O)N(c1ccc(-c2ccc(OCc3cccc4ccccc34)cc2)cc1)S(=O)[O-]. The van der Waals surface area contributed by atoms with Crippen LogP contribution in [0.4, 0.5) is 5.69 Å². The van der Waals surface area contributed by atoms with E-state index in [4.69, 9.17) is 4.74 Å². The number of aliphatic carboxylic acids is 1. The summed E-state index contributed by atoms with van der Waals surface area (Å²) in [5.74, 6) is -0.841. The third-order valence-electron chi connectivity index (χ3n) is 5.88. The molecule has 4 aromatic carbocycles. The van der Waals surface area contributed by atoms with E-state index in [1.165, 1.54) is 10.8 Å². The van der Waals surface area contributed by atoms with Gasteiger partial charge in [0.25, 0.3) is 0 Å². The highest BCUT2D eigenvalue weighted by Gasteiger charge is 2.30. The van der Waals surface area contributed by atoms with Gasteiger partial charge in [0.1, 0.15) is 18.4 Å². The van der Waals surface area contributed by atoms with Gasteiger partial charge in [0, 0.05) is 17.0 Å². The first-order chi connectivity index (χ1) is 16.8. The molecule has 2 atom stereocenters. The average Bonchev–Trinajstić information content (AvgIpc) is 2.85. The van der Waals surface area contributed by atoms with Gasteiger partial charge < -0.3 is 14.4 Å². The summed E-state index contributed by atoms with van der Waals surface area (Å²) in [6.45, 7) is 3.81. The molecule has 0 bridgehead atoms. The highest BCUT2D eigenvalue weighted by molar-refractivity contribution is 7.80. The topological polar surface area (TPSA) is 89.9 Å². The first-order valence-corrected chi connectivity index (χ1v) is 12.3. The van der Waals surface area contributed by atoms with E-state index in [9.17, 15) is 18.7 Å². The zero-order chi connectivity index (χ0) is 24.9. The van der Waals surface area contributed by atoms with Crippen LogP contribution >= 0.6 is 0 Å². The molecule has 35 heavy (non-hydrogen) atoms. The quantitative estimate of drug-likeness (QED) is 0.301. The van der Waals surface area contributed by atoms with E-state index in [0.29, 0.717) is 12.3 Å². The number of anilines is 1. The minimum atomic E-state index is -2.72. The Balaban J connectivity index is 1.48. The second-order valence-corrected chi connectivity index (χ2v) is 9.40. The summed E-state index contributed by atoms with van der Waals surface area (Å²) in [5.41, 5.74) is 3.23. The Morgan fingerprint density at radius 1 is 0.914 bits per heavy atom. The molecule has 0 aliphatic rings. The van der Waals surface area contributed by atoms with Crippen molar-refractivity contribution in [1.82, 2.24) is 0 Å². The van der Waals surface area contributed by atoms with Crippen LogP contribution in [-0.4, -0.2) is 25.9 Å². The van der Waals surface area contributed by atoms with Gasteiger partial charge in [0.2, 0.25) is 0 Å². The molecule has 4 rings (SSSR count). The lowest BCUT2D eigenvalue weighted by molar-refractivity contribution is -0.139. The fourth-order valence-electron chi connectivity index (χ4n) is 4.12. The number of rotatable bonds is 9. The summed E-state index contributed by atoms with van der Waals surface area (Å²) in [5, 5.41) is 11.9. The van der Waals surface area contributed by atoms with Gasteiger partial charge in [-0.25, -0.2) is 4.79 Å². The number of carboxylic acid groups (broad SMARTS) is 1. The fraction of sp³-hybridized carbons (Fsp3) is 0.179. The lowest BCUT2D eigenvalue weighted by Gasteiger charge is -2.34. The third kappa shape index (κ3) is 5.53. The zero-order valence-corrected chi connectivity index (χ0v) is 20.3.